The molecular formula is C10H11BrN4. The molecule has 0 aliphatic rings. The van der Waals surface area contributed by atoms with E-state index in [0.29, 0.717) is 0 Å². The molecule has 4 nitrogen and oxygen atoms in total. The number of aromatic nitrogens is 3. The highest BCUT2D eigenvalue weighted by molar-refractivity contribution is 9.10. The van der Waals surface area contributed by atoms with E-state index in [-0.39, 0.29) is 0 Å². The third-order valence-corrected chi connectivity index (χ3v) is 2.79. The fraction of sp³-hybridized carbons (Fsp3) is 0.200. The van der Waals surface area contributed by atoms with Crippen molar-refractivity contribution >= 4 is 21.6 Å². The van der Waals surface area contributed by atoms with Gasteiger partial charge in [-0.1, -0.05) is 0 Å². The number of aromatic amines is 1. The van der Waals surface area contributed by atoms with E-state index < -0.39 is 0 Å². The summed E-state index contributed by atoms with van der Waals surface area (Å²) in [5.74, 6) is 0. The molecular weight excluding hydrogens is 256 g/mol. The summed E-state index contributed by atoms with van der Waals surface area (Å²) in [6.07, 6.45) is 3.57. The van der Waals surface area contributed by atoms with Crippen molar-refractivity contribution in [2.24, 2.45) is 0 Å². The molecule has 2 aromatic rings. The summed E-state index contributed by atoms with van der Waals surface area (Å²) in [6.45, 7) is 2.74. The number of hydrogen-bond acceptors (Lipinski definition) is 3. The highest BCUT2D eigenvalue weighted by Crippen LogP contribution is 2.19. The van der Waals surface area contributed by atoms with Crippen LogP contribution in [0.15, 0.2) is 29.1 Å². The fourth-order valence-corrected chi connectivity index (χ4v) is 1.65. The number of halogens is 1. The zero-order valence-electron chi connectivity index (χ0n) is 8.29. The van der Waals surface area contributed by atoms with Gasteiger partial charge in [0.1, 0.15) is 4.60 Å². The van der Waals surface area contributed by atoms with Crippen molar-refractivity contribution in [1.82, 2.24) is 15.2 Å². The molecule has 15 heavy (non-hydrogen) atoms. The minimum absolute atomic E-state index is 0.743. The van der Waals surface area contributed by atoms with E-state index in [1.165, 1.54) is 0 Å². The van der Waals surface area contributed by atoms with Crippen LogP contribution in [0, 0.1) is 6.92 Å². The Labute approximate surface area is 96.3 Å². The zero-order chi connectivity index (χ0) is 10.7. The van der Waals surface area contributed by atoms with Crippen molar-refractivity contribution in [3.05, 3.63) is 40.4 Å². The highest BCUT2D eigenvalue weighted by Gasteiger charge is 2.02. The Bertz CT molecular complexity index is 452. The second-order valence-corrected chi connectivity index (χ2v) is 3.97. The molecule has 2 rings (SSSR count). The first kappa shape index (κ1) is 10.2. The number of anilines is 1. The molecule has 2 heterocycles. The highest BCUT2D eigenvalue weighted by atomic mass is 79.9. The first-order valence-corrected chi connectivity index (χ1v) is 5.40. The maximum atomic E-state index is 4.13. The van der Waals surface area contributed by atoms with Crippen LogP contribution in [0.4, 0.5) is 5.69 Å². The zero-order valence-corrected chi connectivity index (χ0v) is 9.87. The second-order valence-electron chi connectivity index (χ2n) is 3.22. The lowest BCUT2D eigenvalue weighted by molar-refractivity contribution is 1.04. The lowest BCUT2D eigenvalue weighted by atomic mass is 10.2. The lowest BCUT2D eigenvalue weighted by Crippen LogP contribution is -2.00. The fourth-order valence-electron chi connectivity index (χ4n) is 1.26. The maximum Gasteiger partial charge on any atom is 0.129 e. The van der Waals surface area contributed by atoms with Crippen molar-refractivity contribution < 1.29 is 0 Å². The number of H-pyrrole nitrogens is 1. The van der Waals surface area contributed by atoms with Crippen LogP contribution in [-0.2, 0) is 6.54 Å². The number of nitrogens with zero attached hydrogens (tertiary/aromatic N) is 2. The molecule has 0 saturated carbocycles. The second kappa shape index (κ2) is 4.44. The molecule has 2 N–H and O–H groups in total. The van der Waals surface area contributed by atoms with Crippen molar-refractivity contribution in [1.29, 1.82) is 0 Å². The molecule has 78 valence electrons. The standard InChI is InChI=1S/C10H11BrN4/c1-7-8(6-14-15-7)5-13-9-3-2-4-12-10(9)11/h2-4,6,13H,5H2,1H3,(H,14,15). The Morgan fingerprint density at radius 3 is 3.07 bits per heavy atom. The quantitative estimate of drug-likeness (QED) is 0.840. The van der Waals surface area contributed by atoms with E-state index in [1.54, 1.807) is 6.20 Å². The average molecular weight is 267 g/mol. The van der Waals surface area contributed by atoms with E-state index >= 15 is 0 Å². The normalized spacial score (nSPS) is 10.3. The number of pyridine rings is 1. The molecule has 0 aromatic carbocycles. The Hall–Kier alpha value is -1.36. The van der Waals surface area contributed by atoms with E-state index in [9.17, 15) is 0 Å². The van der Waals surface area contributed by atoms with Crippen LogP contribution in [-0.4, -0.2) is 15.2 Å². The van der Waals surface area contributed by atoms with Crippen LogP contribution in [0.1, 0.15) is 11.3 Å². The molecule has 2 aromatic heterocycles. The largest absolute Gasteiger partial charge is 0.379 e. The molecule has 0 fully saturated rings. The van der Waals surface area contributed by atoms with Crippen molar-refractivity contribution in [3.8, 4) is 0 Å². The van der Waals surface area contributed by atoms with Gasteiger partial charge in [0.15, 0.2) is 0 Å². The lowest BCUT2D eigenvalue weighted by Gasteiger charge is -2.06. The van der Waals surface area contributed by atoms with Crippen molar-refractivity contribution in [3.63, 3.8) is 0 Å². The van der Waals surface area contributed by atoms with Gasteiger partial charge >= 0.3 is 0 Å². The minimum Gasteiger partial charge on any atom is -0.379 e. The topological polar surface area (TPSA) is 53.6 Å². The van der Waals surface area contributed by atoms with Crippen molar-refractivity contribution in [2.45, 2.75) is 13.5 Å². The Morgan fingerprint density at radius 2 is 2.40 bits per heavy atom. The first-order valence-electron chi connectivity index (χ1n) is 4.60. The summed E-state index contributed by atoms with van der Waals surface area (Å²) >= 11 is 3.38. The maximum absolute atomic E-state index is 4.13. The van der Waals surface area contributed by atoms with Crippen LogP contribution in [0.3, 0.4) is 0 Å². The summed E-state index contributed by atoms with van der Waals surface area (Å²) in [7, 11) is 0. The molecule has 0 atom stereocenters. The summed E-state index contributed by atoms with van der Waals surface area (Å²) in [5, 5.41) is 10.2. The SMILES string of the molecule is Cc1[nH]ncc1CNc1cccnc1Br. The van der Waals surface area contributed by atoms with Gasteiger partial charge in [0, 0.05) is 24.0 Å². The molecule has 0 saturated heterocycles. The molecule has 0 aliphatic carbocycles. The molecule has 0 bridgehead atoms. The molecule has 0 unspecified atom stereocenters. The van der Waals surface area contributed by atoms with Crippen LogP contribution in [0.5, 0.6) is 0 Å². The first-order chi connectivity index (χ1) is 7.27. The van der Waals surface area contributed by atoms with Gasteiger partial charge in [-0.25, -0.2) is 4.98 Å². The van der Waals surface area contributed by atoms with E-state index in [1.807, 2.05) is 25.3 Å². The third-order valence-electron chi connectivity index (χ3n) is 2.16. The van der Waals surface area contributed by atoms with Gasteiger partial charge in [0.25, 0.3) is 0 Å². The number of hydrogen-bond donors (Lipinski definition) is 2. The van der Waals surface area contributed by atoms with Gasteiger partial charge in [-0.05, 0) is 35.0 Å². The van der Waals surface area contributed by atoms with Gasteiger partial charge < -0.3 is 5.32 Å². The summed E-state index contributed by atoms with van der Waals surface area (Å²) in [5.41, 5.74) is 3.23. The van der Waals surface area contributed by atoms with Gasteiger partial charge in [-0.2, -0.15) is 5.10 Å². The Morgan fingerprint density at radius 1 is 1.53 bits per heavy atom. The number of aryl methyl sites for hydroxylation is 1. The average Bonchev–Trinajstić information content (AvgIpc) is 2.63. The minimum atomic E-state index is 0.743. The number of nitrogens with one attached hydrogen (secondary N) is 2. The smallest absolute Gasteiger partial charge is 0.129 e. The molecule has 0 amide bonds. The Balaban J connectivity index is 2.06. The van der Waals surface area contributed by atoms with Gasteiger partial charge in [-0.3, -0.25) is 5.10 Å². The summed E-state index contributed by atoms with van der Waals surface area (Å²) in [4.78, 5) is 4.13. The van der Waals surface area contributed by atoms with Crippen LogP contribution >= 0.6 is 15.9 Å². The van der Waals surface area contributed by atoms with Crippen LogP contribution in [0.25, 0.3) is 0 Å². The Kier molecular flexibility index (Phi) is 3.01. The monoisotopic (exact) mass is 266 g/mol. The van der Waals surface area contributed by atoms with Gasteiger partial charge in [0.2, 0.25) is 0 Å². The van der Waals surface area contributed by atoms with E-state index in [4.69, 9.17) is 0 Å². The molecule has 0 spiro atoms. The third kappa shape index (κ3) is 2.36. The molecule has 5 heteroatoms. The van der Waals surface area contributed by atoms with Gasteiger partial charge in [-0.15, -0.1) is 0 Å². The summed E-state index contributed by atoms with van der Waals surface area (Å²) < 4.78 is 0.825. The summed E-state index contributed by atoms with van der Waals surface area (Å²) in [6, 6.07) is 3.88. The predicted octanol–water partition coefficient (Wildman–Crippen LogP) is 2.49. The van der Waals surface area contributed by atoms with Gasteiger partial charge in [0.05, 0.1) is 11.9 Å². The van der Waals surface area contributed by atoms with Crippen molar-refractivity contribution in [2.75, 3.05) is 5.32 Å². The van der Waals surface area contributed by atoms with E-state index in [0.717, 1.165) is 28.1 Å². The van der Waals surface area contributed by atoms with E-state index in [2.05, 4.69) is 36.4 Å². The predicted molar refractivity (Wildman–Crippen MR) is 62.6 cm³/mol. The number of rotatable bonds is 3. The van der Waals surface area contributed by atoms with Crippen LogP contribution in [0.2, 0.25) is 0 Å². The molecule has 0 aliphatic heterocycles. The van der Waals surface area contributed by atoms with Crippen LogP contribution < -0.4 is 5.32 Å². The molecule has 0 radical (unpaired) electrons.